The molecule has 0 unspecified atom stereocenters. The van der Waals surface area contributed by atoms with Crippen molar-refractivity contribution in [1.82, 2.24) is 5.32 Å². The molecule has 7 heteroatoms. The van der Waals surface area contributed by atoms with Gasteiger partial charge >= 0.3 is 5.97 Å². The Hall–Kier alpha value is -2.57. The van der Waals surface area contributed by atoms with E-state index in [-0.39, 0.29) is 24.3 Å². The summed E-state index contributed by atoms with van der Waals surface area (Å²) < 4.78 is 16.3. The number of benzene rings is 1. The number of ether oxygens (including phenoxy) is 3. The van der Waals surface area contributed by atoms with Crippen molar-refractivity contribution < 1.29 is 28.6 Å². The highest BCUT2D eigenvalue weighted by atomic mass is 16.5. The van der Waals surface area contributed by atoms with Gasteiger partial charge in [-0.05, 0) is 88.3 Å². The summed E-state index contributed by atoms with van der Waals surface area (Å²) in [6, 6.07) is 4.88. The van der Waals surface area contributed by atoms with Crippen LogP contribution in [-0.2, 0) is 14.3 Å². The molecule has 0 saturated heterocycles. The van der Waals surface area contributed by atoms with Gasteiger partial charge in [-0.1, -0.05) is 0 Å². The van der Waals surface area contributed by atoms with Gasteiger partial charge in [0.2, 0.25) is 0 Å². The molecule has 1 N–H and O–H groups in total. The number of amides is 1. The van der Waals surface area contributed by atoms with Gasteiger partial charge in [0.1, 0.15) is 6.54 Å². The Balaban J connectivity index is 1.26. The van der Waals surface area contributed by atoms with Crippen LogP contribution in [0.15, 0.2) is 18.2 Å². The van der Waals surface area contributed by atoms with E-state index in [9.17, 15) is 14.4 Å². The average molecular weight is 444 g/mol. The molecule has 0 heterocycles. The van der Waals surface area contributed by atoms with Crippen molar-refractivity contribution in [2.45, 2.75) is 52.4 Å². The minimum atomic E-state index is -0.604. The summed E-state index contributed by atoms with van der Waals surface area (Å²) in [5.41, 5.74) is 0.0744. The smallest absolute Gasteiger partial charge is 0.325 e. The molecule has 0 aliphatic heterocycles. The molecule has 5 rings (SSSR count). The van der Waals surface area contributed by atoms with Crippen molar-refractivity contribution in [3.8, 4) is 11.5 Å². The fourth-order valence-electron chi connectivity index (χ4n) is 6.25. The van der Waals surface area contributed by atoms with Crippen molar-refractivity contribution in [1.29, 1.82) is 0 Å². The van der Waals surface area contributed by atoms with Crippen molar-refractivity contribution in [3.05, 3.63) is 23.8 Å². The van der Waals surface area contributed by atoms with Gasteiger partial charge in [0.25, 0.3) is 5.91 Å². The molecule has 7 nitrogen and oxygen atoms in total. The number of ketones is 1. The molecule has 4 fully saturated rings. The lowest BCUT2D eigenvalue weighted by molar-refractivity contribution is -0.157. The summed E-state index contributed by atoms with van der Waals surface area (Å²) in [6.07, 6.45) is 6.63. The topological polar surface area (TPSA) is 90.9 Å². The SMILES string of the molecule is CCOc1ccc(C(=O)NCC(=O)OCC(=O)C23CC4CC(CC(C4)C2)C3)cc1OCC. The van der Waals surface area contributed by atoms with E-state index in [0.29, 0.717) is 48.0 Å². The molecule has 0 atom stereocenters. The lowest BCUT2D eigenvalue weighted by Gasteiger charge is -2.55. The molecule has 4 saturated carbocycles. The first-order valence-corrected chi connectivity index (χ1v) is 11.8. The highest BCUT2D eigenvalue weighted by Gasteiger charge is 2.54. The summed E-state index contributed by atoms with van der Waals surface area (Å²) in [6.45, 7) is 4.16. The number of carbonyl (C=O) groups is 3. The van der Waals surface area contributed by atoms with Crippen LogP contribution in [0.3, 0.4) is 0 Å². The van der Waals surface area contributed by atoms with Crippen LogP contribution in [0.25, 0.3) is 0 Å². The number of Topliss-reactive ketones (excluding diaryl/α,β-unsaturated/α-hetero) is 1. The number of hydrogen-bond acceptors (Lipinski definition) is 6. The number of esters is 1. The van der Waals surface area contributed by atoms with E-state index in [4.69, 9.17) is 14.2 Å². The normalized spacial score (nSPS) is 27.6. The first kappa shape index (κ1) is 22.6. The highest BCUT2D eigenvalue weighted by molar-refractivity contribution is 5.96. The maximum atomic E-state index is 13.0. The second kappa shape index (κ2) is 9.51. The average Bonchev–Trinajstić information content (AvgIpc) is 2.76. The fourth-order valence-corrected chi connectivity index (χ4v) is 6.25. The van der Waals surface area contributed by atoms with E-state index in [0.717, 1.165) is 19.3 Å². The van der Waals surface area contributed by atoms with E-state index < -0.39 is 11.9 Å². The Morgan fingerprint density at radius 1 is 0.938 bits per heavy atom. The van der Waals surface area contributed by atoms with E-state index in [1.54, 1.807) is 18.2 Å². The molecule has 0 aromatic heterocycles. The minimum Gasteiger partial charge on any atom is -0.490 e. The molecular formula is C25H33NO6. The van der Waals surface area contributed by atoms with Crippen LogP contribution >= 0.6 is 0 Å². The molecule has 4 aliphatic rings. The van der Waals surface area contributed by atoms with Gasteiger partial charge < -0.3 is 19.5 Å². The lowest BCUT2D eigenvalue weighted by atomic mass is 9.48. The minimum absolute atomic E-state index is 0.0594. The van der Waals surface area contributed by atoms with Crippen molar-refractivity contribution >= 4 is 17.7 Å². The fraction of sp³-hybridized carbons (Fsp3) is 0.640. The molecule has 174 valence electrons. The third-order valence-electron chi connectivity index (χ3n) is 7.19. The molecular weight excluding hydrogens is 410 g/mol. The van der Waals surface area contributed by atoms with Crippen LogP contribution in [0.2, 0.25) is 0 Å². The number of nitrogens with one attached hydrogen (secondary N) is 1. The summed E-state index contributed by atoms with van der Waals surface area (Å²) in [7, 11) is 0. The van der Waals surface area contributed by atoms with Gasteiger partial charge in [0.05, 0.1) is 13.2 Å². The summed E-state index contributed by atoms with van der Waals surface area (Å²) in [5.74, 6) is 2.07. The Morgan fingerprint density at radius 3 is 2.12 bits per heavy atom. The number of hydrogen-bond donors (Lipinski definition) is 1. The van der Waals surface area contributed by atoms with Crippen molar-refractivity contribution in [2.75, 3.05) is 26.4 Å². The zero-order valence-corrected chi connectivity index (χ0v) is 19.0. The van der Waals surface area contributed by atoms with Gasteiger partial charge in [0, 0.05) is 11.0 Å². The Morgan fingerprint density at radius 2 is 1.53 bits per heavy atom. The Labute approximate surface area is 189 Å². The predicted octanol–water partition coefficient (Wildman–Crippen LogP) is 3.54. The first-order valence-electron chi connectivity index (χ1n) is 11.8. The van der Waals surface area contributed by atoms with Crippen LogP contribution in [-0.4, -0.2) is 44.0 Å². The molecule has 1 aromatic rings. The van der Waals surface area contributed by atoms with Gasteiger partial charge in [0.15, 0.2) is 23.9 Å². The molecule has 1 amide bonds. The van der Waals surface area contributed by atoms with Gasteiger partial charge in [-0.25, -0.2) is 0 Å². The standard InChI is InChI=1S/C25H33NO6/c1-3-30-20-6-5-19(10-21(20)31-4-2)24(29)26-14-23(28)32-15-22(27)25-11-16-7-17(12-25)9-18(8-16)13-25/h5-6,10,16-18H,3-4,7-9,11-15H2,1-2H3,(H,26,29). The third kappa shape index (κ3) is 4.76. The summed E-state index contributed by atoms with van der Waals surface area (Å²) >= 11 is 0. The molecule has 0 radical (unpaired) electrons. The van der Waals surface area contributed by atoms with Crippen LogP contribution in [0.1, 0.15) is 62.7 Å². The maximum absolute atomic E-state index is 13.0. The van der Waals surface area contributed by atoms with Crippen molar-refractivity contribution in [2.24, 2.45) is 23.2 Å². The predicted molar refractivity (Wildman–Crippen MR) is 118 cm³/mol. The Kier molecular flexibility index (Phi) is 6.72. The molecule has 32 heavy (non-hydrogen) atoms. The van der Waals surface area contributed by atoms with Gasteiger partial charge in [-0.2, -0.15) is 0 Å². The highest BCUT2D eigenvalue weighted by Crippen LogP contribution is 2.60. The van der Waals surface area contributed by atoms with Crippen LogP contribution < -0.4 is 14.8 Å². The summed E-state index contributed by atoms with van der Waals surface area (Å²) in [4.78, 5) is 37.6. The zero-order chi connectivity index (χ0) is 22.7. The Bertz CT molecular complexity index is 844. The number of carbonyl (C=O) groups excluding carboxylic acids is 3. The monoisotopic (exact) mass is 443 g/mol. The van der Waals surface area contributed by atoms with E-state index >= 15 is 0 Å². The number of rotatable bonds is 10. The quantitative estimate of drug-likeness (QED) is 0.556. The second-order valence-corrected chi connectivity index (χ2v) is 9.49. The van der Waals surface area contributed by atoms with Crippen molar-refractivity contribution in [3.63, 3.8) is 0 Å². The summed E-state index contributed by atoms with van der Waals surface area (Å²) in [5, 5.41) is 2.56. The van der Waals surface area contributed by atoms with E-state index in [1.165, 1.54) is 19.3 Å². The van der Waals surface area contributed by atoms with Gasteiger partial charge in [-0.3, -0.25) is 14.4 Å². The lowest BCUT2D eigenvalue weighted by Crippen LogP contribution is -2.51. The first-order chi connectivity index (χ1) is 15.4. The van der Waals surface area contributed by atoms with Crippen LogP contribution in [0.4, 0.5) is 0 Å². The van der Waals surface area contributed by atoms with E-state index in [1.807, 2.05) is 13.8 Å². The molecule has 0 spiro atoms. The maximum Gasteiger partial charge on any atom is 0.325 e. The van der Waals surface area contributed by atoms with Crippen LogP contribution in [0.5, 0.6) is 11.5 Å². The van der Waals surface area contributed by atoms with Gasteiger partial charge in [-0.15, -0.1) is 0 Å². The zero-order valence-electron chi connectivity index (χ0n) is 19.0. The third-order valence-corrected chi connectivity index (χ3v) is 7.19. The second-order valence-electron chi connectivity index (χ2n) is 9.49. The van der Waals surface area contributed by atoms with E-state index in [2.05, 4.69) is 5.32 Å². The van der Waals surface area contributed by atoms with Crippen LogP contribution in [0, 0.1) is 23.2 Å². The molecule has 4 bridgehead atoms. The molecule has 1 aromatic carbocycles. The largest absolute Gasteiger partial charge is 0.490 e. The molecule has 4 aliphatic carbocycles.